The van der Waals surface area contributed by atoms with Crippen LogP contribution in [0.15, 0.2) is 49.2 Å². The number of nitrogens with one attached hydrogen (secondary N) is 1. The van der Waals surface area contributed by atoms with E-state index in [4.69, 9.17) is 4.74 Å². The summed E-state index contributed by atoms with van der Waals surface area (Å²) in [6.07, 6.45) is 7.46. The predicted molar refractivity (Wildman–Crippen MR) is 142 cm³/mol. The van der Waals surface area contributed by atoms with Gasteiger partial charge < -0.3 is 19.4 Å². The predicted octanol–water partition coefficient (Wildman–Crippen LogP) is 4.50. The number of hydrogen-bond acceptors (Lipinski definition) is 7. The highest BCUT2D eigenvalue weighted by Crippen LogP contribution is 2.32. The van der Waals surface area contributed by atoms with Crippen molar-refractivity contribution in [3.05, 3.63) is 60.6 Å². The van der Waals surface area contributed by atoms with Crippen LogP contribution in [0.2, 0.25) is 0 Å². The zero-order chi connectivity index (χ0) is 27.2. The van der Waals surface area contributed by atoms with Crippen molar-refractivity contribution >= 4 is 40.1 Å². The lowest BCUT2D eigenvalue weighted by Crippen LogP contribution is -2.61. The van der Waals surface area contributed by atoms with Gasteiger partial charge in [0, 0.05) is 56.7 Å². The lowest BCUT2D eigenvalue weighted by molar-refractivity contribution is 0.000386. The Hall–Kier alpha value is -4.28. The van der Waals surface area contributed by atoms with E-state index in [0.29, 0.717) is 41.9 Å². The quantitative estimate of drug-likeness (QED) is 0.425. The largest absolute Gasteiger partial charge is 0.444 e. The van der Waals surface area contributed by atoms with Crippen molar-refractivity contribution in [2.45, 2.75) is 45.8 Å². The van der Waals surface area contributed by atoms with Crippen molar-refractivity contribution in [3.8, 4) is 0 Å². The Morgan fingerprint density at radius 2 is 1.79 bits per heavy atom. The molecule has 0 atom stereocenters. The molecule has 1 aliphatic rings. The smallest absolute Gasteiger partial charge is 0.410 e. The zero-order valence-electron chi connectivity index (χ0n) is 22.0. The summed E-state index contributed by atoms with van der Waals surface area (Å²) in [6, 6.07) is 4.76. The third kappa shape index (κ3) is 4.83. The molecule has 0 aliphatic carbocycles. The molecule has 5 rings (SSSR count). The summed E-state index contributed by atoms with van der Waals surface area (Å²) in [5.41, 5.74) is 1.50. The highest BCUT2D eigenvalue weighted by molar-refractivity contribution is 6.13. The van der Waals surface area contributed by atoms with Crippen LogP contribution >= 0.6 is 0 Å². The second-order valence-electron chi connectivity index (χ2n) is 10.9. The van der Waals surface area contributed by atoms with Gasteiger partial charge in [-0.1, -0.05) is 0 Å². The molecule has 198 valence electrons. The molecule has 1 fully saturated rings. The topological polar surface area (TPSA) is 105 Å². The van der Waals surface area contributed by atoms with Crippen LogP contribution in [0.5, 0.6) is 0 Å². The van der Waals surface area contributed by atoms with E-state index >= 15 is 0 Å². The third-order valence-electron chi connectivity index (χ3n) is 6.41. The molecule has 1 saturated heterocycles. The Balaban J connectivity index is 1.41. The van der Waals surface area contributed by atoms with E-state index in [0.717, 1.165) is 5.69 Å². The van der Waals surface area contributed by atoms with Crippen LogP contribution in [0, 0.1) is 5.82 Å². The third-order valence-corrected chi connectivity index (χ3v) is 6.41. The van der Waals surface area contributed by atoms with Gasteiger partial charge in [-0.15, -0.1) is 0 Å². The minimum atomic E-state index is -0.581. The monoisotopic (exact) mass is 519 g/mol. The normalized spacial score (nSPS) is 15.6. The number of halogens is 1. The number of hydrogen-bond donors (Lipinski definition) is 1. The molecule has 0 spiro atoms. The number of benzene rings is 1. The number of anilines is 2. The molecule has 4 aromatic rings. The number of ether oxygens (including phenoxy) is 1. The Bertz CT molecular complexity index is 1540. The first-order valence-corrected chi connectivity index (χ1v) is 12.4. The summed E-state index contributed by atoms with van der Waals surface area (Å²) < 4.78 is 21.5. The van der Waals surface area contributed by atoms with Gasteiger partial charge in [0.05, 0.1) is 22.5 Å². The molecule has 10 nitrogen and oxygen atoms in total. The van der Waals surface area contributed by atoms with Gasteiger partial charge >= 0.3 is 6.09 Å². The van der Waals surface area contributed by atoms with Crippen LogP contribution in [0.4, 0.5) is 20.6 Å². The molecule has 1 aromatic carbocycles. The van der Waals surface area contributed by atoms with Crippen molar-refractivity contribution in [2.24, 2.45) is 0 Å². The fraction of sp³-hybridized carbons (Fsp3) is 0.370. The number of nitrogens with zero attached hydrogens (tertiary/aromatic N) is 6. The molecule has 11 heteroatoms. The summed E-state index contributed by atoms with van der Waals surface area (Å²) in [4.78, 5) is 42.9. The molecule has 0 saturated carbocycles. The standard InChI is InChI=1S/C27H30FN7O3/c1-26(2,3)38-25(37)35-13-12-34(16-27(35,4)5)20-7-6-18(21-22(20)30-9-8-29-21)24(36)32-17-14-19(28)23-31-10-11-33(23)15-17/h6-11,14-15H,12-13,16H2,1-5H3,(H,32,36). The average Bonchev–Trinajstić information content (AvgIpc) is 3.30. The fourth-order valence-corrected chi connectivity index (χ4v) is 4.75. The van der Waals surface area contributed by atoms with Crippen molar-refractivity contribution in [2.75, 3.05) is 29.9 Å². The molecular formula is C27H30FN7O3. The molecule has 1 aliphatic heterocycles. The number of imidazole rings is 1. The van der Waals surface area contributed by atoms with Crippen LogP contribution in [0.1, 0.15) is 45.0 Å². The van der Waals surface area contributed by atoms with Gasteiger partial charge in [0.1, 0.15) is 16.6 Å². The summed E-state index contributed by atoms with van der Waals surface area (Å²) in [7, 11) is 0. The molecule has 0 bridgehead atoms. The van der Waals surface area contributed by atoms with Crippen molar-refractivity contribution in [3.63, 3.8) is 0 Å². The van der Waals surface area contributed by atoms with Crippen LogP contribution in [-0.4, -0.2) is 67.0 Å². The van der Waals surface area contributed by atoms with Crippen molar-refractivity contribution in [1.82, 2.24) is 24.3 Å². The SMILES string of the molecule is CC(C)(C)OC(=O)N1CCN(c2ccc(C(=O)Nc3cc(F)c4nccn4c3)c3nccnc23)CC1(C)C. The maximum absolute atomic E-state index is 14.4. The van der Waals surface area contributed by atoms with E-state index in [1.54, 1.807) is 29.6 Å². The van der Waals surface area contributed by atoms with E-state index in [2.05, 4.69) is 25.2 Å². The van der Waals surface area contributed by atoms with Gasteiger partial charge in [-0.25, -0.2) is 14.2 Å². The van der Waals surface area contributed by atoms with Crippen LogP contribution in [0.25, 0.3) is 16.7 Å². The molecule has 0 radical (unpaired) electrons. The van der Waals surface area contributed by atoms with Gasteiger partial charge in [-0.3, -0.25) is 19.7 Å². The molecular weight excluding hydrogens is 489 g/mol. The van der Waals surface area contributed by atoms with Crippen LogP contribution in [0.3, 0.4) is 0 Å². The van der Waals surface area contributed by atoms with E-state index in [9.17, 15) is 14.0 Å². The molecule has 38 heavy (non-hydrogen) atoms. The summed E-state index contributed by atoms with van der Waals surface area (Å²) >= 11 is 0. The van der Waals surface area contributed by atoms with Crippen LogP contribution in [-0.2, 0) is 4.74 Å². The van der Waals surface area contributed by atoms with Crippen molar-refractivity contribution < 1.29 is 18.7 Å². The Morgan fingerprint density at radius 3 is 2.50 bits per heavy atom. The van der Waals surface area contributed by atoms with Crippen molar-refractivity contribution in [1.29, 1.82) is 0 Å². The molecule has 0 unspecified atom stereocenters. The Labute approximate surface area is 219 Å². The van der Waals surface area contributed by atoms with E-state index < -0.39 is 22.9 Å². The van der Waals surface area contributed by atoms with Gasteiger partial charge in [0.2, 0.25) is 0 Å². The lowest BCUT2D eigenvalue weighted by Gasteiger charge is -2.47. The molecule has 4 heterocycles. The Morgan fingerprint density at radius 1 is 1.05 bits per heavy atom. The number of aromatic nitrogens is 4. The number of carbonyl (C=O) groups is 2. The van der Waals surface area contributed by atoms with Gasteiger partial charge in [0.15, 0.2) is 11.5 Å². The maximum Gasteiger partial charge on any atom is 0.410 e. The number of amides is 2. The number of rotatable bonds is 3. The first-order valence-electron chi connectivity index (χ1n) is 12.4. The maximum atomic E-state index is 14.4. The number of piperazine rings is 1. The lowest BCUT2D eigenvalue weighted by atomic mass is 9.98. The molecule has 2 amide bonds. The molecule has 3 aromatic heterocycles. The van der Waals surface area contributed by atoms with E-state index in [1.165, 1.54) is 22.9 Å². The first kappa shape index (κ1) is 25.4. The highest BCUT2D eigenvalue weighted by atomic mass is 19.1. The zero-order valence-corrected chi connectivity index (χ0v) is 22.0. The summed E-state index contributed by atoms with van der Waals surface area (Å²) in [5, 5.41) is 2.76. The Kier molecular flexibility index (Phi) is 6.16. The van der Waals surface area contributed by atoms with Gasteiger partial charge in [0.25, 0.3) is 5.91 Å². The van der Waals surface area contributed by atoms with Gasteiger partial charge in [-0.05, 0) is 46.8 Å². The molecule has 1 N–H and O–H groups in total. The second kappa shape index (κ2) is 9.23. The number of fused-ring (bicyclic) bond motifs is 2. The minimum absolute atomic E-state index is 0.179. The minimum Gasteiger partial charge on any atom is -0.444 e. The number of pyridine rings is 1. The number of carbonyl (C=O) groups excluding carboxylic acids is 2. The van der Waals surface area contributed by atoms with Crippen LogP contribution < -0.4 is 10.2 Å². The van der Waals surface area contributed by atoms with E-state index in [1.807, 2.05) is 40.7 Å². The highest BCUT2D eigenvalue weighted by Gasteiger charge is 2.39. The first-order chi connectivity index (χ1) is 17.9. The average molecular weight is 520 g/mol. The van der Waals surface area contributed by atoms with E-state index in [-0.39, 0.29) is 11.7 Å². The summed E-state index contributed by atoms with van der Waals surface area (Å²) in [5.74, 6) is -0.975. The summed E-state index contributed by atoms with van der Waals surface area (Å²) in [6.45, 7) is 11.1. The second-order valence-corrected chi connectivity index (χ2v) is 10.9. The fourth-order valence-electron chi connectivity index (χ4n) is 4.75. The van der Waals surface area contributed by atoms with Gasteiger partial charge in [-0.2, -0.15) is 0 Å².